The van der Waals surface area contributed by atoms with Crippen LogP contribution in [0.15, 0.2) is 36.7 Å². The number of aromatic nitrogens is 2. The maximum Gasteiger partial charge on any atom is 0.116 e. The van der Waals surface area contributed by atoms with Crippen LogP contribution >= 0.6 is 11.6 Å². The summed E-state index contributed by atoms with van der Waals surface area (Å²) in [7, 11) is 0. The fourth-order valence-corrected chi connectivity index (χ4v) is 6.37. The molecule has 126 valence electrons. The predicted molar refractivity (Wildman–Crippen MR) is 93.9 cm³/mol. The van der Waals surface area contributed by atoms with Crippen LogP contribution in [0.1, 0.15) is 49.4 Å². The molecule has 4 fully saturated rings. The summed E-state index contributed by atoms with van der Waals surface area (Å²) in [6, 6.07) is 7.96. The van der Waals surface area contributed by atoms with Gasteiger partial charge in [-0.2, -0.15) is 0 Å². The summed E-state index contributed by atoms with van der Waals surface area (Å²) in [5.74, 6) is 3.15. The fourth-order valence-electron chi connectivity index (χ4n) is 6.18. The average molecular weight is 343 g/mol. The maximum atomic E-state index is 12.1. The maximum absolute atomic E-state index is 12.1. The quantitative estimate of drug-likeness (QED) is 0.869. The van der Waals surface area contributed by atoms with Gasteiger partial charge in [-0.05, 0) is 73.5 Å². The molecule has 1 atom stereocenters. The molecule has 4 aliphatic rings. The molecule has 0 saturated heterocycles. The summed E-state index contributed by atoms with van der Waals surface area (Å²) >= 11 is 6.27. The van der Waals surface area contributed by atoms with Gasteiger partial charge in [0.15, 0.2) is 0 Å². The number of imidazole rings is 1. The van der Waals surface area contributed by atoms with Crippen LogP contribution in [0, 0.1) is 23.7 Å². The molecule has 1 heterocycles. The van der Waals surface area contributed by atoms with Crippen molar-refractivity contribution in [3.05, 3.63) is 53.1 Å². The first-order chi connectivity index (χ1) is 11.6. The zero-order valence-electron chi connectivity index (χ0n) is 13.7. The van der Waals surface area contributed by atoms with Crippen molar-refractivity contribution in [1.82, 2.24) is 9.97 Å². The van der Waals surface area contributed by atoms with E-state index in [0.29, 0.717) is 11.8 Å². The van der Waals surface area contributed by atoms with Gasteiger partial charge in [0.25, 0.3) is 0 Å². The summed E-state index contributed by atoms with van der Waals surface area (Å²) in [5.41, 5.74) is 0.364. The lowest BCUT2D eigenvalue weighted by molar-refractivity contribution is -0.181. The van der Waals surface area contributed by atoms with E-state index in [9.17, 15) is 5.11 Å². The second kappa shape index (κ2) is 5.34. The Balaban J connectivity index is 1.64. The summed E-state index contributed by atoms with van der Waals surface area (Å²) < 4.78 is 0. The Morgan fingerprint density at radius 2 is 1.83 bits per heavy atom. The molecule has 4 saturated carbocycles. The number of rotatable bonds is 3. The first-order valence-electron chi connectivity index (χ1n) is 9.11. The van der Waals surface area contributed by atoms with Gasteiger partial charge in [0.05, 0.1) is 11.5 Å². The first-order valence-corrected chi connectivity index (χ1v) is 9.49. The van der Waals surface area contributed by atoms with Crippen molar-refractivity contribution >= 4 is 11.6 Å². The Labute approximate surface area is 147 Å². The molecule has 4 aliphatic carbocycles. The van der Waals surface area contributed by atoms with Crippen LogP contribution in [-0.4, -0.2) is 20.7 Å². The van der Waals surface area contributed by atoms with Crippen molar-refractivity contribution in [3.63, 3.8) is 0 Å². The lowest BCUT2D eigenvalue weighted by atomic mass is 9.46. The summed E-state index contributed by atoms with van der Waals surface area (Å²) in [5, 5.41) is 12.8. The molecule has 0 radical (unpaired) electrons. The molecule has 2 aromatic rings. The highest BCUT2D eigenvalue weighted by atomic mass is 35.5. The zero-order chi connectivity index (χ0) is 16.3. The smallest absolute Gasteiger partial charge is 0.116 e. The number of nitrogens with one attached hydrogen (secondary N) is 1. The molecule has 2 N–H and O–H groups in total. The molecule has 3 nitrogen and oxygen atoms in total. The van der Waals surface area contributed by atoms with E-state index < -0.39 is 5.60 Å². The number of aromatic amines is 1. The largest absolute Gasteiger partial charge is 0.388 e. The van der Waals surface area contributed by atoms with Crippen molar-refractivity contribution in [2.24, 2.45) is 23.7 Å². The van der Waals surface area contributed by atoms with Gasteiger partial charge in [-0.25, -0.2) is 4.98 Å². The summed E-state index contributed by atoms with van der Waals surface area (Å²) in [6.45, 7) is 0. The van der Waals surface area contributed by atoms with E-state index in [1.54, 1.807) is 6.20 Å². The summed E-state index contributed by atoms with van der Waals surface area (Å²) in [4.78, 5) is 7.82. The zero-order valence-corrected chi connectivity index (χ0v) is 14.4. The molecule has 1 aromatic carbocycles. The van der Waals surface area contributed by atoms with Crippen molar-refractivity contribution in [2.45, 2.75) is 43.6 Å². The topological polar surface area (TPSA) is 48.9 Å². The molecule has 0 aliphatic heterocycles. The predicted octanol–water partition coefficient (Wildman–Crippen LogP) is 4.38. The molecule has 4 heteroatoms. The molecule has 1 unspecified atom stereocenters. The molecule has 0 amide bonds. The van der Waals surface area contributed by atoms with E-state index in [1.807, 2.05) is 24.4 Å². The van der Waals surface area contributed by atoms with E-state index in [1.165, 1.54) is 32.1 Å². The molecular weight excluding hydrogens is 320 g/mol. The molecule has 24 heavy (non-hydrogen) atoms. The van der Waals surface area contributed by atoms with E-state index in [-0.39, 0.29) is 5.92 Å². The fraction of sp³-hybridized carbons (Fsp3) is 0.550. The monoisotopic (exact) mass is 342 g/mol. The number of H-pyrrole nitrogens is 1. The third-order valence-corrected chi connectivity index (χ3v) is 7.12. The molecule has 6 rings (SSSR count). The normalized spacial score (nSPS) is 38.4. The van der Waals surface area contributed by atoms with Crippen LogP contribution in [0.4, 0.5) is 0 Å². The van der Waals surface area contributed by atoms with Gasteiger partial charge in [-0.1, -0.05) is 23.7 Å². The number of aliphatic hydroxyl groups is 1. The van der Waals surface area contributed by atoms with Crippen LogP contribution in [0.25, 0.3) is 0 Å². The van der Waals surface area contributed by atoms with Gasteiger partial charge in [0.1, 0.15) is 5.82 Å². The van der Waals surface area contributed by atoms with Crippen LogP contribution in [0.2, 0.25) is 5.02 Å². The number of benzene rings is 1. The van der Waals surface area contributed by atoms with Gasteiger partial charge in [0.2, 0.25) is 0 Å². The molecular formula is C20H23ClN2O. The van der Waals surface area contributed by atoms with Crippen LogP contribution in [0.5, 0.6) is 0 Å². The average Bonchev–Trinajstić information content (AvgIpc) is 3.06. The number of hydrogen-bond donors (Lipinski definition) is 2. The Morgan fingerprint density at radius 1 is 1.12 bits per heavy atom. The van der Waals surface area contributed by atoms with Gasteiger partial charge in [-0.3, -0.25) is 0 Å². The Kier molecular flexibility index (Phi) is 3.33. The van der Waals surface area contributed by atoms with Gasteiger partial charge in [-0.15, -0.1) is 0 Å². The third-order valence-electron chi connectivity index (χ3n) is 6.88. The van der Waals surface area contributed by atoms with Crippen molar-refractivity contribution < 1.29 is 5.11 Å². The van der Waals surface area contributed by atoms with E-state index in [0.717, 1.165) is 28.2 Å². The van der Waals surface area contributed by atoms with Crippen LogP contribution in [0.3, 0.4) is 0 Å². The van der Waals surface area contributed by atoms with Gasteiger partial charge in [0, 0.05) is 17.4 Å². The lowest BCUT2D eigenvalue weighted by Crippen LogP contribution is -2.60. The third kappa shape index (κ3) is 2.11. The van der Waals surface area contributed by atoms with E-state index in [2.05, 4.69) is 16.0 Å². The van der Waals surface area contributed by atoms with Crippen LogP contribution < -0.4 is 0 Å². The minimum Gasteiger partial charge on any atom is -0.388 e. The molecule has 4 bridgehead atoms. The second-order valence-corrected chi connectivity index (χ2v) is 8.59. The van der Waals surface area contributed by atoms with Crippen molar-refractivity contribution in [2.75, 3.05) is 0 Å². The number of halogens is 1. The van der Waals surface area contributed by atoms with Gasteiger partial charge < -0.3 is 10.1 Å². The second-order valence-electron chi connectivity index (χ2n) is 8.15. The van der Waals surface area contributed by atoms with Crippen LogP contribution in [-0.2, 0) is 0 Å². The highest BCUT2D eigenvalue weighted by Crippen LogP contribution is 2.62. The van der Waals surface area contributed by atoms with Gasteiger partial charge >= 0.3 is 0 Å². The highest BCUT2D eigenvalue weighted by Gasteiger charge is 2.60. The number of nitrogens with zero attached hydrogens (tertiary/aromatic N) is 1. The molecule has 1 aromatic heterocycles. The summed E-state index contributed by atoms with van der Waals surface area (Å²) in [6.07, 6.45) is 9.69. The molecule has 0 spiro atoms. The van der Waals surface area contributed by atoms with Crippen molar-refractivity contribution in [1.29, 1.82) is 0 Å². The standard InChI is InChI=1S/C20H23ClN2O/c21-17-3-1-2-14(11-17)18(19-22-4-5-23-19)20(24)15-7-12-6-13(9-15)10-16(20)8-12/h1-5,11-13,15-16,18,24H,6-10H2,(H,22,23). The first kappa shape index (κ1) is 15.0. The van der Waals surface area contributed by atoms with E-state index >= 15 is 0 Å². The SMILES string of the molecule is OC1(C(c2cccc(Cl)c2)c2ncc[nH]2)C2CC3CC(C2)CC1C3. The minimum absolute atomic E-state index is 0.124. The Bertz CT molecular complexity index is 714. The van der Waals surface area contributed by atoms with Crippen molar-refractivity contribution in [3.8, 4) is 0 Å². The highest BCUT2D eigenvalue weighted by molar-refractivity contribution is 6.30. The van der Waals surface area contributed by atoms with E-state index in [4.69, 9.17) is 11.6 Å². The minimum atomic E-state index is -0.712. The number of hydrogen-bond acceptors (Lipinski definition) is 2. The Hall–Kier alpha value is -1.32. The lowest BCUT2D eigenvalue weighted by Gasteiger charge is -2.61. The Morgan fingerprint density at radius 3 is 2.42 bits per heavy atom.